The Morgan fingerprint density at radius 3 is 2.46 bits per heavy atom. The second-order valence-electron chi connectivity index (χ2n) is 9.70. The number of likely N-dealkylation sites (tertiary alicyclic amines) is 1. The summed E-state index contributed by atoms with van der Waals surface area (Å²) in [5.74, 6) is -0.266. The molecule has 14 nitrogen and oxygen atoms in total. The van der Waals surface area contributed by atoms with Crippen molar-refractivity contribution in [2.24, 2.45) is 7.05 Å². The van der Waals surface area contributed by atoms with Crippen molar-refractivity contribution in [2.45, 2.75) is 38.8 Å². The monoisotopic (exact) mass is 538 g/mol. The van der Waals surface area contributed by atoms with Crippen molar-refractivity contribution in [2.75, 3.05) is 31.4 Å². The number of carbonyl (C=O) groups is 3. The fourth-order valence-electron chi connectivity index (χ4n) is 3.84. The largest absolute Gasteiger partial charge is 0.494 e. The van der Waals surface area contributed by atoms with E-state index in [0.29, 0.717) is 35.8 Å². The van der Waals surface area contributed by atoms with Crippen molar-refractivity contribution in [1.82, 2.24) is 29.9 Å². The molecule has 1 aliphatic rings. The van der Waals surface area contributed by atoms with Gasteiger partial charge in [0.15, 0.2) is 23.1 Å². The molecular formula is C25H30N8O6. The first-order valence-corrected chi connectivity index (χ1v) is 12.1. The molecule has 14 heteroatoms. The maximum atomic E-state index is 12.9. The molecule has 2 N–H and O–H groups in total. The molecule has 1 saturated heterocycles. The summed E-state index contributed by atoms with van der Waals surface area (Å²) in [6.45, 7) is 5.66. The predicted octanol–water partition coefficient (Wildman–Crippen LogP) is 2.76. The van der Waals surface area contributed by atoms with Gasteiger partial charge in [0.2, 0.25) is 5.91 Å². The Hall–Kier alpha value is -4.75. The van der Waals surface area contributed by atoms with Gasteiger partial charge in [-0.25, -0.2) is 14.6 Å². The van der Waals surface area contributed by atoms with Gasteiger partial charge in [0, 0.05) is 19.7 Å². The third kappa shape index (κ3) is 6.05. The summed E-state index contributed by atoms with van der Waals surface area (Å²) in [5, 5.41) is 18.0. The van der Waals surface area contributed by atoms with Crippen LogP contribution >= 0.6 is 0 Å². The van der Waals surface area contributed by atoms with Crippen LogP contribution in [0.15, 0.2) is 30.6 Å². The number of rotatable bonds is 7. The van der Waals surface area contributed by atoms with Crippen molar-refractivity contribution in [3.63, 3.8) is 0 Å². The highest BCUT2D eigenvalue weighted by molar-refractivity contribution is 5.99. The van der Waals surface area contributed by atoms with Gasteiger partial charge in [-0.1, -0.05) is 6.07 Å². The number of aromatic nitrogens is 5. The number of amides is 2. The lowest BCUT2D eigenvalue weighted by Crippen LogP contribution is -2.57. The average Bonchev–Trinajstić information content (AvgIpc) is 3.27. The predicted molar refractivity (Wildman–Crippen MR) is 140 cm³/mol. The van der Waals surface area contributed by atoms with Crippen LogP contribution in [-0.4, -0.2) is 80.2 Å². The lowest BCUT2D eigenvalue weighted by atomic mass is 10.0. The van der Waals surface area contributed by atoms with E-state index in [2.05, 4.69) is 30.9 Å². The Labute approximate surface area is 224 Å². The normalized spacial score (nSPS) is 14.7. The van der Waals surface area contributed by atoms with Gasteiger partial charge in [-0.05, 0) is 39.3 Å². The molecule has 0 radical (unpaired) electrons. The Balaban J connectivity index is 1.60. The fraction of sp³-hybridized carbons (Fsp3) is 0.400. The number of hydrogen-bond donors (Lipinski definition) is 2. The summed E-state index contributed by atoms with van der Waals surface area (Å²) < 4.78 is 17.4. The zero-order valence-corrected chi connectivity index (χ0v) is 22.5. The van der Waals surface area contributed by atoms with Gasteiger partial charge in [-0.2, -0.15) is 5.10 Å². The Morgan fingerprint density at radius 2 is 1.87 bits per heavy atom. The summed E-state index contributed by atoms with van der Waals surface area (Å²) >= 11 is 0. The molecule has 3 heterocycles. The molecule has 2 amide bonds. The number of benzene rings is 1. The lowest BCUT2D eigenvalue weighted by Gasteiger charge is -2.40. The smallest absolute Gasteiger partial charge is 0.410 e. The summed E-state index contributed by atoms with van der Waals surface area (Å²) in [6.07, 6.45) is 1.46. The van der Waals surface area contributed by atoms with E-state index < -0.39 is 29.6 Å². The van der Waals surface area contributed by atoms with Crippen LogP contribution < -0.4 is 15.4 Å². The average molecular weight is 539 g/mol. The molecule has 0 spiro atoms. The minimum absolute atomic E-state index is 0.0627. The number of hydrogen-bond acceptors (Lipinski definition) is 11. The molecule has 1 fully saturated rings. The van der Waals surface area contributed by atoms with Crippen molar-refractivity contribution in [3.05, 3.63) is 36.3 Å². The van der Waals surface area contributed by atoms with Crippen LogP contribution in [0.5, 0.6) is 5.75 Å². The van der Waals surface area contributed by atoms with Crippen LogP contribution in [0.1, 0.15) is 37.7 Å². The zero-order chi connectivity index (χ0) is 28.3. The molecule has 1 unspecified atom stereocenters. The van der Waals surface area contributed by atoms with Crippen LogP contribution in [0.25, 0.3) is 11.4 Å². The number of methoxy groups -OCH3 is 2. The number of esters is 1. The van der Waals surface area contributed by atoms with Gasteiger partial charge in [0.1, 0.15) is 18.0 Å². The van der Waals surface area contributed by atoms with E-state index in [1.165, 1.54) is 25.2 Å². The molecule has 0 aliphatic carbocycles. The molecule has 39 heavy (non-hydrogen) atoms. The van der Waals surface area contributed by atoms with Gasteiger partial charge in [0.25, 0.3) is 0 Å². The number of aryl methyl sites for hydroxylation is 1. The maximum absolute atomic E-state index is 12.9. The highest BCUT2D eigenvalue weighted by Gasteiger charge is 2.40. The van der Waals surface area contributed by atoms with Crippen LogP contribution in [0.4, 0.5) is 22.0 Å². The van der Waals surface area contributed by atoms with Gasteiger partial charge < -0.3 is 24.8 Å². The zero-order valence-electron chi connectivity index (χ0n) is 22.5. The highest BCUT2D eigenvalue weighted by atomic mass is 16.6. The minimum atomic E-state index is -0.737. The SMILES string of the molecule is COC(=O)c1nnc(NC(=O)C2CCN2C(=O)OC(C)(C)C)cc1Nc1cccc(-c2ncn(C)n2)c1OC. The molecule has 0 bridgehead atoms. The van der Waals surface area contributed by atoms with Crippen LogP contribution in [0.3, 0.4) is 0 Å². The van der Waals surface area contributed by atoms with E-state index >= 15 is 0 Å². The van der Waals surface area contributed by atoms with Crippen molar-refractivity contribution >= 4 is 35.2 Å². The lowest BCUT2D eigenvalue weighted by molar-refractivity contribution is -0.125. The number of anilines is 3. The number of para-hydroxylation sites is 1. The molecule has 2 aromatic heterocycles. The molecular weight excluding hydrogens is 508 g/mol. The van der Waals surface area contributed by atoms with Crippen LogP contribution in [0.2, 0.25) is 0 Å². The van der Waals surface area contributed by atoms with Gasteiger partial charge in [0.05, 0.1) is 31.2 Å². The topological polar surface area (TPSA) is 163 Å². The fourth-order valence-corrected chi connectivity index (χ4v) is 3.84. The second-order valence-corrected chi connectivity index (χ2v) is 9.70. The standard InChI is InChI=1S/C25H30N8O6/c1-25(2,3)39-24(36)33-11-10-17(33)22(34)28-18-12-16(19(30-29-18)23(35)38-6)27-15-9-7-8-14(20(15)37-5)21-26-13-32(4)31-21/h7-9,12-13,17H,10-11H2,1-6H3,(H2,27,28,29,34). The number of ether oxygens (including phenoxy) is 3. The van der Waals surface area contributed by atoms with E-state index in [1.54, 1.807) is 57.0 Å². The molecule has 206 valence electrons. The van der Waals surface area contributed by atoms with E-state index in [0.717, 1.165) is 0 Å². The molecule has 0 saturated carbocycles. The summed E-state index contributed by atoms with van der Waals surface area (Å²) in [7, 11) is 4.47. The Kier molecular flexibility index (Phi) is 7.65. The van der Waals surface area contributed by atoms with Gasteiger partial charge in [-0.3, -0.25) is 14.4 Å². The van der Waals surface area contributed by atoms with Gasteiger partial charge >= 0.3 is 12.1 Å². The molecule has 1 aromatic carbocycles. The van der Waals surface area contributed by atoms with Crippen molar-refractivity contribution in [3.8, 4) is 17.1 Å². The van der Waals surface area contributed by atoms with E-state index in [1.807, 2.05) is 0 Å². The maximum Gasteiger partial charge on any atom is 0.410 e. The Bertz CT molecular complexity index is 1400. The first-order valence-electron chi connectivity index (χ1n) is 12.1. The van der Waals surface area contributed by atoms with Gasteiger partial charge in [-0.15, -0.1) is 10.2 Å². The van der Waals surface area contributed by atoms with Crippen LogP contribution in [0, 0.1) is 0 Å². The summed E-state index contributed by atoms with van der Waals surface area (Å²) in [6, 6.07) is 6.03. The Morgan fingerprint density at radius 1 is 1.10 bits per heavy atom. The minimum Gasteiger partial charge on any atom is -0.494 e. The summed E-state index contributed by atoms with van der Waals surface area (Å²) in [4.78, 5) is 43.4. The molecule has 3 aromatic rings. The number of nitrogens with one attached hydrogen (secondary N) is 2. The highest BCUT2D eigenvalue weighted by Crippen LogP contribution is 2.37. The first-order chi connectivity index (χ1) is 18.5. The third-order valence-electron chi connectivity index (χ3n) is 5.70. The first kappa shape index (κ1) is 27.3. The van der Waals surface area contributed by atoms with E-state index in [-0.39, 0.29) is 17.2 Å². The molecule has 1 atom stereocenters. The molecule has 1 aliphatic heterocycles. The van der Waals surface area contributed by atoms with E-state index in [4.69, 9.17) is 14.2 Å². The summed E-state index contributed by atoms with van der Waals surface area (Å²) in [5.41, 5.74) is 0.500. The third-order valence-corrected chi connectivity index (χ3v) is 5.70. The number of nitrogens with zero attached hydrogens (tertiary/aromatic N) is 6. The second kappa shape index (κ2) is 10.9. The molecule has 4 rings (SSSR count). The van der Waals surface area contributed by atoms with Crippen molar-refractivity contribution < 1.29 is 28.6 Å². The van der Waals surface area contributed by atoms with Crippen LogP contribution in [-0.2, 0) is 21.3 Å². The van der Waals surface area contributed by atoms with Crippen molar-refractivity contribution in [1.29, 1.82) is 0 Å². The quantitative estimate of drug-likeness (QED) is 0.425. The van der Waals surface area contributed by atoms with E-state index in [9.17, 15) is 14.4 Å². The number of carbonyl (C=O) groups excluding carboxylic acids is 3.